The average Bonchev–Trinajstić information content (AvgIpc) is 2.74. The lowest BCUT2D eigenvalue weighted by atomic mass is 9.80. The lowest BCUT2D eigenvalue weighted by molar-refractivity contribution is -0.122. The van der Waals surface area contributed by atoms with Crippen molar-refractivity contribution in [1.29, 1.82) is 0 Å². The van der Waals surface area contributed by atoms with Gasteiger partial charge in [0.25, 0.3) is 0 Å². The number of carbonyl (C=O) groups excluding carboxylic acids is 2. The van der Waals surface area contributed by atoms with Crippen molar-refractivity contribution < 1.29 is 18.7 Å². The zero-order valence-electron chi connectivity index (χ0n) is 16.0. The molecule has 30 heavy (non-hydrogen) atoms. The van der Waals surface area contributed by atoms with Gasteiger partial charge in [-0.3, -0.25) is 4.79 Å². The zero-order valence-corrected chi connectivity index (χ0v) is 17.6. The van der Waals surface area contributed by atoms with Gasteiger partial charge in [-0.05, 0) is 71.5 Å². The van der Waals surface area contributed by atoms with Gasteiger partial charge in [-0.2, -0.15) is 0 Å². The molecule has 4 nitrogen and oxygen atoms in total. The molecule has 0 spiro atoms. The van der Waals surface area contributed by atoms with Crippen LogP contribution in [0.2, 0.25) is 0 Å². The van der Waals surface area contributed by atoms with E-state index in [4.69, 9.17) is 10.5 Å². The first-order valence-electron chi connectivity index (χ1n) is 9.57. The quantitative estimate of drug-likeness (QED) is 0.549. The summed E-state index contributed by atoms with van der Waals surface area (Å²) in [5.41, 5.74) is 9.58. The normalized spacial score (nSPS) is 17.8. The number of aryl methyl sites for hydroxylation is 1. The van der Waals surface area contributed by atoms with E-state index in [-0.39, 0.29) is 5.82 Å². The Balaban J connectivity index is 1.52. The molecule has 0 fully saturated rings. The van der Waals surface area contributed by atoms with Crippen LogP contribution in [-0.2, 0) is 16.0 Å². The van der Waals surface area contributed by atoms with Crippen LogP contribution in [0.4, 0.5) is 4.39 Å². The van der Waals surface area contributed by atoms with Crippen LogP contribution in [0.1, 0.15) is 33.8 Å². The summed E-state index contributed by atoms with van der Waals surface area (Å²) < 4.78 is 19.7. The zero-order chi connectivity index (χ0) is 21.3. The Bertz CT molecular complexity index is 1100. The molecule has 1 amide bonds. The maximum atomic E-state index is 13.1. The van der Waals surface area contributed by atoms with Crippen molar-refractivity contribution >= 4 is 27.8 Å². The van der Waals surface area contributed by atoms with Crippen LogP contribution in [0, 0.1) is 5.82 Å². The molecule has 3 aromatic rings. The predicted octanol–water partition coefficient (Wildman–Crippen LogP) is 5.00. The average molecular weight is 468 g/mol. The number of esters is 1. The van der Waals surface area contributed by atoms with Gasteiger partial charge < -0.3 is 10.5 Å². The van der Waals surface area contributed by atoms with Gasteiger partial charge in [0.15, 0.2) is 0 Å². The predicted molar refractivity (Wildman–Crippen MR) is 115 cm³/mol. The van der Waals surface area contributed by atoms with E-state index in [2.05, 4.69) is 15.9 Å². The highest BCUT2D eigenvalue weighted by atomic mass is 79.9. The van der Waals surface area contributed by atoms with Crippen LogP contribution in [0.5, 0.6) is 0 Å². The summed E-state index contributed by atoms with van der Waals surface area (Å²) in [5.74, 6) is -1.99. The Morgan fingerprint density at radius 3 is 2.23 bits per heavy atom. The van der Waals surface area contributed by atoms with E-state index in [1.54, 1.807) is 36.4 Å². The monoisotopic (exact) mass is 467 g/mol. The first-order valence-corrected chi connectivity index (χ1v) is 10.4. The fourth-order valence-corrected chi connectivity index (χ4v) is 4.28. The van der Waals surface area contributed by atoms with Crippen LogP contribution in [0.3, 0.4) is 0 Å². The van der Waals surface area contributed by atoms with E-state index >= 15 is 0 Å². The molecular formula is C24H19BrFNO3. The van der Waals surface area contributed by atoms with Gasteiger partial charge in [-0.15, -0.1) is 0 Å². The largest absolute Gasteiger partial charge is 0.458 e. The smallest absolute Gasteiger partial charge is 0.338 e. The molecule has 2 atom stereocenters. The fraction of sp³-hybridized carbons (Fsp3) is 0.167. The second kappa shape index (κ2) is 8.40. The summed E-state index contributed by atoms with van der Waals surface area (Å²) in [4.78, 5) is 24.9. The highest BCUT2D eigenvalue weighted by molar-refractivity contribution is 9.10. The molecule has 2 unspecified atom stereocenters. The van der Waals surface area contributed by atoms with Crippen LogP contribution >= 0.6 is 15.9 Å². The molecule has 152 valence electrons. The van der Waals surface area contributed by atoms with Gasteiger partial charge in [-0.25, -0.2) is 9.18 Å². The van der Waals surface area contributed by atoms with Crippen LogP contribution < -0.4 is 5.73 Å². The summed E-state index contributed by atoms with van der Waals surface area (Å²) in [7, 11) is 0. The van der Waals surface area contributed by atoms with Gasteiger partial charge >= 0.3 is 5.97 Å². The summed E-state index contributed by atoms with van der Waals surface area (Å²) in [6.07, 6.45) is 0.608. The molecule has 3 aromatic carbocycles. The third-order valence-corrected chi connectivity index (χ3v) is 5.87. The minimum Gasteiger partial charge on any atom is -0.458 e. The summed E-state index contributed by atoms with van der Waals surface area (Å²) in [5, 5.41) is 0. The Labute approximate surface area is 182 Å². The number of carbonyl (C=O) groups is 2. The molecule has 0 bridgehead atoms. The number of amides is 1. The van der Waals surface area contributed by atoms with Gasteiger partial charge in [0, 0.05) is 4.47 Å². The Morgan fingerprint density at radius 1 is 0.967 bits per heavy atom. The molecule has 2 N–H and O–H groups in total. The van der Waals surface area contributed by atoms with E-state index in [0.29, 0.717) is 18.4 Å². The lowest BCUT2D eigenvalue weighted by Crippen LogP contribution is -2.38. The first kappa shape index (κ1) is 20.3. The second-order valence-electron chi connectivity index (χ2n) is 7.29. The number of benzene rings is 3. The third kappa shape index (κ3) is 4.14. The van der Waals surface area contributed by atoms with Crippen LogP contribution in [0.25, 0.3) is 11.1 Å². The van der Waals surface area contributed by atoms with Crippen molar-refractivity contribution in [1.82, 2.24) is 0 Å². The van der Waals surface area contributed by atoms with Crippen molar-refractivity contribution in [3.63, 3.8) is 0 Å². The molecule has 0 saturated carbocycles. The van der Waals surface area contributed by atoms with Crippen molar-refractivity contribution in [2.45, 2.75) is 24.9 Å². The number of hydrogen-bond acceptors (Lipinski definition) is 3. The maximum Gasteiger partial charge on any atom is 0.338 e. The Hall–Kier alpha value is -2.99. The summed E-state index contributed by atoms with van der Waals surface area (Å²) >= 11 is 3.44. The van der Waals surface area contributed by atoms with Gasteiger partial charge in [0.1, 0.15) is 11.9 Å². The number of nitrogens with two attached hydrogens (primary N) is 1. The number of fused-ring (bicyclic) bond motifs is 1. The Kier molecular flexibility index (Phi) is 5.68. The van der Waals surface area contributed by atoms with Crippen LogP contribution in [-0.4, -0.2) is 18.0 Å². The van der Waals surface area contributed by atoms with Crippen molar-refractivity contribution in [2.75, 3.05) is 0 Å². The third-order valence-electron chi connectivity index (χ3n) is 5.37. The number of rotatable bonds is 4. The first-order chi connectivity index (χ1) is 14.4. The molecule has 1 aliphatic rings. The SMILES string of the molecule is NC(=O)C1c2ccc(Br)cc2CCC1OC(=O)c1ccc(-c2ccc(F)cc2)cc1. The number of ether oxygens (including phenoxy) is 1. The van der Waals surface area contributed by atoms with Gasteiger partial charge in [-0.1, -0.05) is 46.3 Å². The number of primary amides is 1. The number of halogens is 2. The van der Waals surface area contributed by atoms with E-state index in [1.807, 2.05) is 18.2 Å². The van der Waals surface area contributed by atoms with Crippen molar-refractivity contribution in [3.05, 3.63) is 93.7 Å². The molecule has 0 aromatic heterocycles. The second-order valence-corrected chi connectivity index (χ2v) is 8.21. The van der Waals surface area contributed by atoms with Gasteiger partial charge in [0.2, 0.25) is 5.91 Å². The maximum absolute atomic E-state index is 13.1. The standard InChI is InChI=1S/C24H19BrFNO3/c25-18-8-11-20-17(13-18)7-12-21(22(20)23(27)28)30-24(29)16-3-1-14(2-4-16)15-5-9-19(26)10-6-15/h1-6,8-11,13,21-22H,7,12H2,(H2,27,28). The van der Waals surface area contributed by atoms with Crippen molar-refractivity contribution in [3.8, 4) is 11.1 Å². The molecule has 4 rings (SSSR count). The van der Waals surface area contributed by atoms with E-state index in [9.17, 15) is 14.0 Å². The molecule has 1 aliphatic carbocycles. The van der Waals surface area contributed by atoms with Gasteiger partial charge in [0.05, 0.1) is 11.5 Å². The molecule has 6 heteroatoms. The highest BCUT2D eigenvalue weighted by Crippen LogP contribution is 2.35. The van der Waals surface area contributed by atoms with E-state index in [1.165, 1.54) is 12.1 Å². The summed E-state index contributed by atoms with van der Waals surface area (Å²) in [6.45, 7) is 0. The van der Waals surface area contributed by atoms with Crippen molar-refractivity contribution in [2.24, 2.45) is 5.73 Å². The molecule has 0 radical (unpaired) electrons. The van der Waals surface area contributed by atoms with E-state index in [0.717, 1.165) is 26.7 Å². The fourth-order valence-electron chi connectivity index (χ4n) is 3.87. The minimum atomic E-state index is -0.677. The minimum absolute atomic E-state index is 0.302. The topological polar surface area (TPSA) is 69.4 Å². The highest BCUT2D eigenvalue weighted by Gasteiger charge is 2.36. The molecular weight excluding hydrogens is 449 g/mol. The van der Waals surface area contributed by atoms with Crippen LogP contribution in [0.15, 0.2) is 71.2 Å². The number of hydrogen-bond donors (Lipinski definition) is 1. The molecule has 0 aliphatic heterocycles. The summed E-state index contributed by atoms with van der Waals surface area (Å²) in [6, 6.07) is 18.7. The van der Waals surface area contributed by atoms with E-state index < -0.39 is 23.9 Å². The molecule has 0 heterocycles. The Morgan fingerprint density at radius 2 is 1.60 bits per heavy atom. The molecule has 0 saturated heterocycles. The lowest BCUT2D eigenvalue weighted by Gasteiger charge is -2.31.